The maximum absolute atomic E-state index is 11.5. The summed E-state index contributed by atoms with van der Waals surface area (Å²) in [5, 5.41) is 0. The first-order valence-electron chi connectivity index (χ1n) is 3.01. The molecule has 0 aliphatic carbocycles. The minimum absolute atomic E-state index is 0.527. The van der Waals surface area contributed by atoms with Crippen LogP contribution >= 0.6 is 0 Å². The normalized spacial score (nSPS) is 22.1. The lowest BCUT2D eigenvalue weighted by atomic mass is 10.6. The second-order valence-corrected chi connectivity index (χ2v) is 2.01. The zero-order chi connectivity index (χ0) is 10.1. The number of hydrogen-bond acceptors (Lipinski definition) is 5. The Hall–Kier alpha value is -1.47. The van der Waals surface area contributed by atoms with Gasteiger partial charge in [0.1, 0.15) is 0 Å². The molecular weight excluding hydrogens is 197 g/mol. The summed E-state index contributed by atoms with van der Waals surface area (Å²) in [5.74, 6) is -2.42. The molecule has 1 unspecified atom stereocenters. The van der Waals surface area contributed by atoms with E-state index in [1.54, 1.807) is 0 Å². The van der Waals surface area contributed by atoms with Crippen LogP contribution in [-0.2, 0) is 19.0 Å². The first kappa shape index (κ1) is 9.62. The summed E-state index contributed by atoms with van der Waals surface area (Å²) in [7, 11) is 0. The lowest BCUT2D eigenvalue weighted by Crippen LogP contribution is -2.31. The summed E-state index contributed by atoms with van der Waals surface area (Å²) in [6.45, 7) is -0.527. The summed E-state index contributed by atoms with van der Waals surface area (Å²) >= 11 is 0. The number of carbonyl (C=O) groups excluding carboxylic acids is 2. The predicted molar refractivity (Wildman–Crippen MR) is 28.4 cm³/mol. The molecule has 1 saturated heterocycles. The highest BCUT2D eigenvalue weighted by Gasteiger charge is 2.44. The van der Waals surface area contributed by atoms with Crippen molar-refractivity contribution < 1.29 is 37.0 Å². The third kappa shape index (κ3) is 2.49. The first-order chi connectivity index (χ1) is 5.89. The van der Waals surface area contributed by atoms with Crippen LogP contribution in [0.1, 0.15) is 0 Å². The number of esters is 1. The van der Waals surface area contributed by atoms with E-state index in [9.17, 15) is 22.8 Å². The van der Waals surface area contributed by atoms with Crippen molar-refractivity contribution >= 4 is 12.1 Å². The molecule has 5 nitrogen and oxygen atoms in total. The molecule has 13 heavy (non-hydrogen) atoms. The van der Waals surface area contributed by atoms with Gasteiger partial charge in [-0.1, -0.05) is 0 Å². The van der Waals surface area contributed by atoms with Gasteiger partial charge < -0.3 is 14.2 Å². The summed E-state index contributed by atoms with van der Waals surface area (Å²) in [6.07, 6.45) is -7.88. The fourth-order valence-electron chi connectivity index (χ4n) is 0.556. The molecule has 0 N–H and O–H groups in total. The van der Waals surface area contributed by atoms with Gasteiger partial charge in [0.2, 0.25) is 0 Å². The molecule has 1 rings (SSSR count). The summed E-state index contributed by atoms with van der Waals surface area (Å²) in [6, 6.07) is 0. The van der Waals surface area contributed by atoms with E-state index >= 15 is 0 Å². The molecule has 1 atom stereocenters. The topological polar surface area (TPSA) is 61.8 Å². The lowest BCUT2D eigenvalue weighted by Gasteiger charge is -2.09. The molecule has 74 valence electrons. The molecule has 0 saturated carbocycles. The van der Waals surface area contributed by atoms with Crippen molar-refractivity contribution in [1.29, 1.82) is 0 Å². The quantitative estimate of drug-likeness (QED) is 0.579. The van der Waals surface area contributed by atoms with Crippen molar-refractivity contribution in [3.63, 3.8) is 0 Å². The second kappa shape index (κ2) is 3.11. The molecule has 1 fully saturated rings. The molecule has 0 bridgehead atoms. The molecule has 8 heteroatoms. The maximum Gasteiger partial charge on any atom is 0.511 e. The monoisotopic (exact) mass is 200 g/mol. The molecule has 1 aliphatic rings. The summed E-state index contributed by atoms with van der Waals surface area (Å²) in [5.41, 5.74) is 0. The summed E-state index contributed by atoms with van der Waals surface area (Å²) < 4.78 is 46.4. The zero-order valence-corrected chi connectivity index (χ0v) is 5.96. The second-order valence-electron chi connectivity index (χ2n) is 2.01. The predicted octanol–water partition coefficient (Wildman–Crippen LogP) is 0.585. The first-order valence-corrected chi connectivity index (χ1v) is 3.01. The fourth-order valence-corrected chi connectivity index (χ4v) is 0.556. The molecule has 1 heterocycles. The van der Waals surface area contributed by atoms with E-state index < -0.39 is 31.2 Å². The van der Waals surface area contributed by atoms with Crippen molar-refractivity contribution in [2.45, 2.75) is 12.5 Å². The fraction of sp³-hybridized carbons (Fsp3) is 0.600. The number of ether oxygens (including phenoxy) is 3. The molecular formula is C5H3F3O5. The Bertz CT molecular complexity index is 235. The van der Waals surface area contributed by atoms with Gasteiger partial charge in [0.05, 0.1) is 0 Å². The Morgan fingerprint density at radius 1 is 1.54 bits per heavy atom. The van der Waals surface area contributed by atoms with Gasteiger partial charge >= 0.3 is 18.3 Å². The van der Waals surface area contributed by atoms with Crippen LogP contribution in [0.25, 0.3) is 0 Å². The Morgan fingerprint density at radius 2 is 2.15 bits per heavy atom. The highest BCUT2D eigenvalue weighted by molar-refractivity contribution is 5.76. The Balaban J connectivity index is 2.42. The molecule has 0 amide bonds. The van der Waals surface area contributed by atoms with E-state index in [0.29, 0.717) is 0 Å². The number of cyclic esters (lactones) is 2. The largest absolute Gasteiger partial charge is 0.511 e. The maximum atomic E-state index is 11.5. The highest BCUT2D eigenvalue weighted by Crippen LogP contribution is 2.19. The minimum Gasteiger partial charge on any atom is -0.426 e. The van der Waals surface area contributed by atoms with Crippen LogP contribution in [0, 0.1) is 0 Å². The number of alkyl halides is 3. The third-order valence-corrected chi connectivity index (χ3v) is 1.03. The number of hydrogen-bond donors (Lipinski definition) is 0. The van der Waals surface area contributed by atoms with Crippen LogP contribution in [0.5, 0.6) is 0 Å². The number of halogens is 3. The van der Waals surface area contributed by atoms with E-state index in [-0.39, 0.29) is 0 Å². The van der Waals surface area contributed by atoms with Crippen LogP contribution in [-0.4, -0.2) is 31.2 Å². The smallest absolute Gasteiger partial charge is 0.426 e. The average molecular weight is 200 g/mol. The van der Waals surface area contributed by atoms with Crippen LogP contribution in [0.3, 0.4) is 0 Å². The van der Waals surface area contributed by atoms with Gasteiger partial charge in [-0.3, -0.25) is 0 Å². The van der Waals surface area contributed by atoms with E-state index in [2.05, 4.69) is 14.2 Å². The molecule has 0 spiro atoms. The Labute approximate surface area is 69.4 Å². The zero-order valence-electron chi connectivity index (χ0n) is 5.96. The standard InChI is InChI=1S/C5H3F3O5/c6-5(7,8)3(9)12-2-1-11-4(10)13-2/h2H,1H2. The van der Waals surface area contributed by atoms with Gasteiger partial charge in [-0.15, -0.1) is 0 Å². The van der Waals surface area contributed by atoms with Crippen LogP contribution in [0.2, 0.25) is 0 Å². The van der Waals surface area contributed by atoms with E-state index in [4.69, 9.17) is 0 Å². The Kier molecular flexibility index (Phi) is 2.30. The van der Waals surface area contributed by atoms with Crippen LogP contribution < -0.4 is 0 Å². The lowest BCUT2D eigenvalue weighted by molar-refractivity contribution is -0.215. The average Bonchev–Trinajstić information content (AvgIpc) is 2.33. The van der Waals surface area contributed by atoms with Gasteiger partial charge in [-0.25, -0.2) is 9.59 Å². The third-order valence-electron chi connectivity index (χ3n) is 1.03. The van der Waals surface area contributed by atoms with Gasteiger partial charge in [-0.2, -0.15) is 13.2 Å². The molecule has 0 aromatic heterocycles. The van der Waals surface area contributed by atoms with Crippen molar-refractivity contribution in [3.05, 3.63) is 0 Å². The van der Waals surface area contributed by atoms with Gasteiger partial charge in [0.15, 0.2) is 6.61 Å². The Morgan fingerprint density at radius 3 is 2.54 bits per heavy atom. The summed E-state index contributed by atoms with van der Waals surface area (Å²) in [4.78, 5) is 20.3. The van der Waals surface area contributed by atoms with Crippen molar-refractivity contribution in [1.82, 2.24) is 0 Å². The van der Waals surface area contributed by atoms with Gasteiger partial charge in [0.25, 0.3) is 6.29 Å². The molecule has 0 aromatic rings. The van der Waals surface area contributed by atoms with Gasteiger partial charge in [-0.05, 0) is 0 Å². The van der Waals surface area contributed by atoms with Crippen LogP contribution in [0.15, 0.2) is 0 Å². The molecule has 0 radical (unpaired) electrons. The van der Waals surface area contributed by atoms with E-state index in [0.717, 1.165) is 0 Å². The van der Waals surface area contributed by atoms with Crippen molar-refractivity contribution in [2.24, 2.45) is 0 Å². The number of carbonyl (C=O) groups is 2. The van der Waals surface area contributed by atoms with Crippen molar-refractivity contribution in [3.8, 4) is 0 Å². The molecule has 0 aromatic carbocycles. The van der Waals surface area contributed by atoms with E-state index in [1.807, 2.05) is 0 Å². The minimum atomic E-state index is -5.10. The number of rotatable bonds is 1. The highest BCUT2D eigenvalue weighted by atomic mass is 19.4. The van der Waals surface area contributed by atoms with E-state index in [1.165, 1.54) is 0 Å². The van der Waals surface area contributed by atoms with Crippen LogP contribution in [0.4, 0.5) is 18.0 Å². The SMILES string of the molecule is O=C1OCC(OC(=O)C(F)(F)F)O1. The molecule has 1 aliphatic heterocycles. The van der Waals surface area contributed by atoms with Gasteiger partial charge in [0, 0.05) is 0 Å². The van der Waals surface area contributed by atoms with Crippen molar-refractivity contribution in [2.75, 3.05) is 6.61 Å².